The third kappa shape index (κ3) is 3.43. The van der Waals surface area contributed by atoms with Gasteiger partial charge in [-0.1, -0.05) is 5.16 Å². The average molecular weight is 397 g/mol. The molecule has 28 heavy (non-hydrogen) atoms. The van der Waals surface area contributed by atoms with E-state index < -0.39 is 9.84 Å². The maximum absolute atomic E-state index is 13.1. The van der Waals surface area contributed by atoms with E-state index in [0.29, 0.717) is 23.8 Å². The van der Waals surface area contributed by atoms with Crippen LogP contribution in [0, 0.1) is 6.92 Å². The maximum Gasteiger partial charge on any atom is 0.258 e. The van der Waals surface area contributed by atoms with Crippen molar-refractivity contribution < 1.29 is 17.7 Å². The second-order valence-electron chi connectivity index (χ2n) is 6.85. The molecule has 0 saturated heterocycles. The first-order valence-corrected chi connectivity index (χ1v) is 10.8. The highest BCUT2D eigenvalue weighted by Crippen LogP contribution is 2.31. The van der Waals surface area contributed by atoms with Gasteiger partial charge in [-0.25, -0.2) is 8.42 Å². The minimum atomic E-state index is -3.28. The Balaban J connectivity index is 1.63. The summed E-state index contributed by atoms with van der Waals surface area (Å²) in [5.41, 5.74) is 2.93. The Morgan fingerprint density at radius 1 is 1.14 bits per heavy atom. The van der Waals surface area contributed by atoms with Crippen molar-refractivity contribution in [1.82, 2.24) is 10.1 Å². The van der Waals surface area contributed by atoms with Gasteiger partial charge in [0, 0.05) is 29.6 Å². The predicted molar refractivity (Wildman–Crippen MR) is 104 cm³/mol. The molecule has 0 aliphatic carbocycles. The first-order valence-electron chi connectivity index (χ1n) is 8.88. The number of rotatable bonds is 3. The number of amides is 1. The second kappa shape index (κ2) is 6.87. The van der Waals surface area contributed by atoms with Gasteiger partial charge in [0.2, 0.25) is 0 Å². The molecule has 0 saturated carbocycles. The summed E-state index contributed by atoms with van der Waals surface area (Å²) < 4.78 is 28.8. The summed E-state index contributed by atoms with van der Waals surface area (Å²) in [5.74, 6) is 0.836. The van der Waals surface area contributed by atoms with E-state index in [1.165, 1.54) is 6.26 Å². The molecule has 0 radical (unpaired) electrons. The number of benzene rings is 2. The SMILES string of the molecule is Cc1noc(-c2ccc(C(=O)N3CCCc4cc(S(C)(=O)=O)ccc43)cc2)n1. The first-order chi connectivity index (χ1) is 13.3. The molecule has 4 rings (SSSR count). The smallest absolute Gasteiger partial charge is 0.258 e. The van der Waals surface area contributed by atoms with Crippen LogP contribution in [0.15, 0.2) is 51.9 Å². The fourth-order valence-corrected chi connectivity index (χ4v) is 4.01. The van der Waals surface area contributed by atoms with Crippen LogP contribution >= 0.6 is 0 Å². The van der Waals surface area contributed by atoms with Gasteiger partial charge in [0.25, 0.3) is 11.8 Å². The molecule has 8 heteroatoms. The lowest BCUT2D eigenvalue weighted by Gasteiger charge is -2.30. The number of hydrogen-bond donors (Lipinski definition) is 0. The van der Waals surface area contributed by atoms with Crippen molar-refractivity contribution in [2.45, 2.75) is 24.7 Å². The van der Waals surface area contributed by atoms with E-state index in [1.54, 1.807) is 54.3 Å². The van der Waals surface area contributed by atoms with Gasteiger partial charge in [0.1, 0.15) is 0 Å². The third-order valence-corrected chi connectivity index (χ3v) is 5.86. The van der Waals surface area contributed by atoms with Gasteiger partial charge in [-0.3, -0.25) is 4.79 Å². The van der Waals surface area contributed by atoms with Gasteiger partial charge in [-0.2, -0.15) is 4.98 Å². The lowest BCUT2D eigenvalue weighted by molar-refractivity contribution is 0.0985. The molecule has 1 aliphatic heterocycles. The van der Waals surface area contributed by atoms with Crippen LogP contribution in [0.2, 0.25) is 0 Å². The molecule has 3 aromatic rings. The fraction of sp³-hybridized carbons (Fsp3) is 0.250. The van der Waals surface area contributed by atoms with Gasteiger partial charge in [0.15, 0.2) is 15.7 Å². The number of carbonyl (C=O) groups excluding carboxylic acids is 1. The van der Waals surface area contributed by atoms with Gasteiger partial charge in [0.05, 0.1) is 4.90 Å². The summed E-state index contributed by atoms with van der Waals surface area (Å²) in [4.78, 5) is 19.2. The largest absolute Gasteiger partial charge is 0.334 e. The standard InChI is InChI=1S/C20H19N3O4S/c1-13-21-19(27-22-13)14-5-7-15(8-6-14)20(24)23-11-3-4-16-12-17(28(2,25)26)9-10-18(16)23/h5-10,12H,3-4,11H2,1-2H3. The van der Waals surface area contributed by atoms with E-state index in [-0.39, 0.29) is 10.8 Å². The Hall–Kier alpha value is -3.00. The molecular formula is C20H19N3O4S. The highest BCUT2D eigenvalue weighted by molar-refractivity contribution is 7.90. The van der Waals surface area contributed by atoms with E-state index in [0.717, 1.165) is 29.7 Å². The van der Waals surface area contributed by atoms with Crippen LogP contribution in [-0.2, 0) is 16.3 Å². The van der Waals surface area contributed by atoms with Crippen molar-refractivity contribution in [3.63, 3.8) is 0 Å². The Morgan fingerprint density at radius 2 is 1.89 bits per heavy atom. The Labute approximate surface area is 162 Å². The van der Waals surface area contributed by atoms with Gasteiger partial charge < -0.3 is 9.42 Å². The predicted octanol–water partition coefficient (Wildman–Crippen LogP) is 3.04. The lowest BCUT2D eigenvalue weighted by Crippen LogP contribution is -2.35. The Bertz CT molecular complexity index is 1150. The number of hydrogen-bond acceptors (Lipinski definition) is 6. The fourth-order valence-electron chi connectivity index (χ4n) is 3.34. The highest BCUT2D eigenvalue weighted by Gasteiger charge is 2.25. The first kappa shape index (κ1) is 18.4. The summed E-state index contributed by atoms with van der Waals surface area (Å²) in [6.45, 7) is 2.34. The quantitative estimate of drug-likeness (QED) is 0.674. The molecular weight excluding hydrogens is 378 g/mol. The maximum atomic E-state index is 13.1. The van der Waals surface area contributed by atoms with Gasteiger partial charge >= 0.3 is 0 Å². The second-order valence-corrected chi connectivity index (χ2v) is 8.86. The summed E-state index contributed by atoms with van der Waals surface area (Å²) in [5, 5.41) is 3.77. The highest BCUT2D eigenvalue weighted by atomic mass is 32.2. The number of aromatic nitrogens is 2. The molecule has 1 aliphatic rings. The minimum absolute atomic E-state index is 0.124. The van der Waals surface area contributed by atoms with Crippen LogP contribution in [-0.4, -0.2) is 37.3 Å². The van der Waals surface area contributed by atoms with Crippen molar-refractivity contribution in [3.05, 3.63) is 59.4 Å². The van der Waals surface area contributed by atoms with Crippen LogP contribution in [0.3, 0.4) is 0 Å². The molecule has 0 atom stereocenters. The lowest BCUT2D eigenvalue weighted by atomic mass is 10.0. The van der Waals surface area contributed by atoms with Crippen LogP contribution in [0.25, 0.3) is 11.5 Å². The Morgan fingerprint density at radius 3 is 2.54 bits per heavy atom. The molecule has 0 N–H and O–H groups in total. The van der Waals surface area contributed by atoms with Crippen LogP contribution in [0.5, 0.6) is 0 Å². The number of nitrogens with zero attached hydrogens (tertiary/aromatic N) is 3. The van der Waals surface area contributed by atoms with Crippen LogP contribution in [0.1, 0.15) is 28.2 Å². The molecule has 2 heterocycles. The van der Waals surface area contributed by atoms with E-state index in [1.807, 2.05) is 0 Å². The molecule has 0 bridgehead atoms. The van der Waals surface area contributed by atoms with Crippen molar-refractivity contribution in [3.8, 4) is 11.5 Å². The normalized spacial score (nSPS) is 14.0. The van der Waals surface area contributed by atoms with E-state index in [2.05, 4.69) is 10.1 Å². The topological polar surface area (TPSA) is 93.4 Å². The monoisotopic (exact) mass is 397 g/mol. The average Bonchev–Trinajstić information content (AvgIpc) is 3.12. The van der Waals surface area contributed by atoms with Crippen molar-refractivity contribution in [1.29, 1.82) is 0 Å². The summed E-state index contributed by atoms with van der Waals surface area (Å²) >= 11 is 0. The molecule has 144 valence electrons. The number of fused-ring (bicyclic) bond motifs is 1. The molecule has 7 nitrogen and oxygen atoms in total. The number of anilines is 1. The summed E-state index contributed by atoms with van der Waals surface area (Å²) in [6, 6.07) is 12.0. The van der Waals surface area contributed by atoms with Crippen LogP contribution in [0.4, 0.5) is 5.69 Å². The molecule has 2 aromatic carbocycles. The zero-order valence-electron chi connectivity index (χ0n) is 15.5. The molecule has 1 aromatic heterocycles. The Kier molecular flexibility index (Phi) is 4.50. The third-order valence-electron chi connectivity index (χ3n) is 4.75. The van der Waals surface area contributed by atoms with E-state index in [4.69, 9.17) is 4.52 Å². The number of aryl methyl sites for hydroxylation is 2. The number of carbonyl (C=O) groups is 1. The van der Waals surface area contributed by atoms with E-state index in [9.17, 15) is 13.2 Å². The zero-order valence-corrected chi connectivity index (χ0v) is 16.4. The van der Waals surface area contributed by atoms with Crippen molar-refractivity contribution >= 4 is 21.4 Å². The molecule has 0 fully saturated rings. The molecule has 0 spiro atoms. The van der Waals surface area contributed by atoms with Crippen molar-refractivity contribution in [2.75, 3.05) is 17.7 Å². The molecule has 1 amide bonds. The number of sulfone groups is 1. The molecule has 0 unspecified atom stereocenters. The van der Waals surface area contributed by atoms with Gasteiger partial charge in [-0.15, -0.1) is 0 Å². The minimum Gasteiger partial charge on any atom is -0.334 e. The van der Waals surface area contributed by atoms with Crippen LogP contribution < -0.4 is 4.90 Å². The summed E-state index contributed by atoms with van der Waals surface area (Å²) in [6.07, 6.45) is 2.72. The van der Waals surface area contributed by atoms with Gasteiger partial charge in [-0.05, 0) is 67.8 Å². The zero-order chi connectivity index (χ0) is 19.9. The van der Waals surface area contributed by atoms with Crippen molar-refractivity contribution in [2.24, 2.45) is 0 Å². The van der Waals surface area contributed by atoms with E-state index >= 15 is 0 Å². The summed E-state index contributed by atoms with van der Waals surface area (Å²) in [7, 11) is -3.28.